The number of nitrogens with one attached hydrogen (secondary N) is 3. The van der Waals surface area contributed by atoms with Gasteiger partial charge in [-0.2, -0.15) is 11.8 Å². The van der Waals surface area contributed by atoms with Crippen LogP contribution in [0.2, 0.25) is 0 Å². The fraction of sp³-hybridized carbons (Fsp3) is 0.684. The molecular formula is C19H35N7O8S. The number of amides is 3. The molecular weight excluding hydrogens is 486 g/mol. The maximum atomic E-state index is 12.9. The number of nitrogens with zero attached hydrogens (tertiary/aromatic N) is 1. The highest BCUT2D eigenvalue weighted by Crippen LogP contribution is 2.06. The van der Waals surface area contributed by atoms with Crippen LogP contribution >= 0.6 is 11.8 Å². The summed E-state index contributed by atoms with van der Waals surface area (Å²) in [5.74, 6) is -4.71. The van der Waals surface area contributed by atoms with Crippen molar-refractivity contribution in [3.8, 4) is 0 Å². The highest BCUT2D eigenvalue weighted by Gasteiger charge is 2.30. The molecule has 4 unspecified atom stereocenters. The van der Waals surface area contributed by atoms with Gasteiger partial charge in [0.25, 0.3) is 0 Å². The molecule has 0 fully saturated rings. The normalized spacial score (nSPS) is 14.0. The van der Waals surface area contributed by atoms with Crippen LogP contribution in [0.15, 0.2) is 4.99 Å². The van der Waals surface area contributed by atoms with Crippen LogP contribution in [0.25, 0.3) is 0 Å². The average Bonchev–Trinajstić information content (AvgIpc) is 2.79. The molecule has 0 aliphatic rings. The van der Waals surface area contributed by atoms with E-state index in [0.29, 0.717) is 5.75 Å². The smallest absolute Gasteiger partial charge is 0.326 e. The van der Waals surface area contributed by atoms with Crippen LogP contribution in [0.1, 0.15) is 32.1 Å². The number of guanidine groups is 1. The number of carbonyl (C=O) groups excluding carboxylic acids is 3. The molecule has 12 N–H and O–H groups in total. The van der Waals surface area contributed by atoms with Crippen LogP contribution < -0.4 is 33.2 Å². The second kappa shape index (κ2) is 17.3. The molecule has 200 valence electrons. The first-order valence-electron chi connectivity index (χ1n) is 10.7. The van der Waals surface area contributed by atoms with Gasteiger partial charge in [0.2, 0.25) is 17.7 Å². The average molecular weight is 522 g/mol. The number of aliphatic carboxylic acids is 2. The number of thioether (sulfide) groups is 1. The third-order valence-electron chi connectivity index (χ3n) is 4.62. The van der Waals surface area contributed by atoms with Crippen molar-refractivity contribution in [1.82, 2.24) is 16.0 Å². The van der Waals surface area contributed by atoms with E-state index < -0.39 is 66.9 Å². The van der Waals surface area contributed by atoms with E-state index in [1.807, 2.05) is 0 Å². The van der Waals surface area contributed by atoms with E-state index in [1.54, 1.807) is 6.26 Å². The van der Waals surface area contributed by atoms with Crippen LogP contribution in [0.3, 0.4) is 0 Å². The number of rotatable bonds is 18. The lowest BCUT2D eigenvalue weighted by molar-refractivity contribution is -0.143. The van der Waals surface area contributed by atoms with E-state index in [-0.39, 0.29) is 38.2 Å². The number of carboxylic acid groups (broad SMARTS) is 2. The van der Waals surface area contributed by atoms with Gasteiger partial charge >= 0.3 is 11.9 Å². The Morgan fingerprint density at radius 2 is 1.43 bits per heavy atom. The van der Waals surface area contributed by atoms with Crippen molar-refractivity contribution < 1.29 is 39.3 Å². The third-order valence-corrected chi connectivity index (χ3v) is 5.26. The molecule has 0 radical (unpaired) electrons. The van der Waals surface area contributed by atoms with Gasteiger partial charge in [-0.3, -0.25) is 24.2 Å². The number of nitrogens with two attached hydrogens (primary N) is 3. The quantitative estimate of drug-likeness (QED) is 0.0483. The van der Waals surface area contributed by atoms with E-state index in [9.17, 15) is 29.1 Å². The zero-order valence-electron chi connectivity index (χ0n) is 19.4. The van der Waals surface area contributed by atoms with Gasteiger partial charge in [0.1, 0.15) is 24.2 Å². The molecule has 0 aromatic carbocycles. The fourth-order valence-corrected chi connectivity index (χ4v) is 3.18. The van der Waals surface area contributed by atoms with Crippen molar-refractivity contribution in [1.29, 1.82) is 0 Å². The van der Waals surface area contributed by atoms with Gasteiger partial charge in [-0.05, 0) is 37.7 Å². The SMILES string of the molecule is CSCCC(NC(=O)C(CCCN=C(N)N)NC(=O)C(N)CO)C(=O)NC(CCC(=O)O)C(=O)O. The molecule has 0 aromatic heterocycles. The maximum absolute atomic E-state index is 12.9. The van der Waals surface area contributed by atoms with Crippen molar-refractivity contribution in [2.75, 3.05) is 25.2 Å². The minimum Gasteiger partial charge on any atom is -0.481 e. The first-order valence-corrected chi connectivity index (χ1v) is 12.1. The van der Waals surface area contributed by atoms with Gasteiger partial charge in [0, 0.05) is 13.0 Å². The Kier molecular flexibility index (Phi) is 15.8. The van der Waals surface area contributed by atoms with E-state index in [4.69, 9.17) is 27.4 Å². The topological polar surface area (TPSA) is 273 Å². The van der Waals surface area contributed by atoms with E-state index in [0.717, 1.165) is 0 Å². The number of carbonyl (C=O) groups is 5. The Balaban J connectivity index is 5.50. The molecule has 0 aromatic rings. The molecule has 0 spiro atoms. The predicted molar refractivity (Wildman–Crippen MR) is 128 cm³/mol. The molecule has 15 nitrogen and oxygen atoms in total. The maximum Gasteiger partial charge on any atom is 0.326 e. The summed E-state index contributed by atoms with van der Waals surface area (Å²) in [5.41, 5.74) is 16.0. The van der Waals surface area contributed by atoms with Gasteiger partial charge in [-0.15, -0.1) is 0 Å². The highest BCUT2D eigenvalue weighted by molar-refractivity contribution is 7.98. The lowest BCUT2D eigenvalue weighted by Gasteiger charge is -2.25. The van der Waals surface area contributed by atoms with Gasteiger partial charge in [-0.25, -0.2) is 4.79 Å². The van der Waals surface area contributed by atoms with Crippen molar-refractivity contribution in [3.63, 3.8) is 0 Å². The zero-order valence-corrected chi connectivity index (χ0v) is 20.3. The number of aliphatic hydroxyl groups excluding tert-OH is 1. The Labute approximate surface area is 206 Å². The van der Waals surface area contributed by atoms with Crippen LogP contribution in [-0.4, -0.2) is 100 Å². The van der Waals surface area contributed by atoms with Crippen molar-refractivity contribution in [3.05, 3.63) is 0 Å². The number of aliphatic hydroxyl groups is 1. The van der Waals surface area contributed by atoms with E-state index in [1.165, 1.54) is 11.8 Å². The van der Waals surface area contributed by atoms with Crippen LogP contribution in [0.5, 0.6) is 0 Å². The number of aliphatic imine (C=N–C) groups is 1. The van der Waals surface area contributed by atoms with Crippen LogP contribution in [0, 0.1) is 0 Å². The molecule has 0 aliphatic carbocycles. The van der Waals surface area contributed by atoms with Crippen molar-refractivity contribution in [2.45, 2.75) is 56.3 Å². The van der Waals surface area contributed by atoms with E-state index in [2.05, 4.69) is 20.9 Å². The minimum atomic E-state index is -1.47. The lowest BCUT2D eigenvalue weighted by Crippen LogP contribution is -2.57. The molecule has 0 bridgehead atoms. The van der Waals surface area contributed by atoms with Crippen molar-refractivity contribution >= 4 is 47.4 Å². The fourth-order valence-electron chi connectivity index (χ4n) is 2.71. The summed E-state index contributed by atoms with van der Waals surface area (Å²) in [5, 5.41) is 34.3. The minimum absolute atomic E-state index is 0.0692. The largest absolute Gasteiger partial charge is 0.481 e. The standard InChI is InChI=1S/C19H35N7O8S/c1-35-8-6-12(17(32)26-13(18(33)34)4-5-14(28)29)25-16(31)11(3-2-7-23-19(21)22)24-15(30)10(20)9-27/h10-13,27H,2-9,20H2,1H3,(H,24,30)(H,25,31)(H,26,32)(H,28,29)(H,33,34)(H4,21,22,23). The monoisotopic (exact) mass is 521 g/mol. The Morgan fingerprint density at radius 3 is 1.91 bits per heavy atom. The summed E-state index contributed by atoms with van der Waals surface area (Å²) in [7, 11) is 0. The van der Waals surface area contributed by atoms with Gasteiger partial charge in [-0.1, -0.05) is 0 Å². The molecule has 0 rings (SSSR count). The Bertz CT molecular complexity index is 763. The molecule has 0 saturated carbocycles. The molecule has 35 heavy (non-hydrogen) atoms. The summed E-state index contributed by atoms with van der Waals surface area (Å²) in [4.78, 5) is 63.8. The highest BCUT2D eigenvalue weighted by atomic mass is 32.2. The Hall–Kier alpha value is -3.11. The lowest BCUT2D eigenvalue weighted by atomic mass is 10.1. The first-order chi connectivity index (χ1) is 16.4. The summed E-state index contributed by atoms with van der Waals surface area (Å²) in [6.07, 6.45) is 1.43. The van der Waals surface area contributed by atoms with Gasteiger partial charge in [0.15, 0.2) is 5.96 Å². The molecule has 16 heteroatoms. The summed E-state index contributed by atoms with van der Waals surface area (Å²) < 4.78 is 0. The Morgan fingerprint density at radius 1 is 0.886 bits per heavy atom. The molecule has 3 amide bonds. The molecule has 4 atom stereocenters. The summed E-state index contributed by atoms with van der Waals surface area (Å²) in [6.45, 7) is -0.492. The molecule has 0 heterocycles. The first kappa shape index (κ1) is 31.9. The second-order valence-corrected chi connectivity index (χ2v) is 8.46. The zero-order chi connectivity index (χ0) is 27.0. The molecule has 0 aliphatic heterocycles. The van der Waals surface area contributed by atoms with Crippen LogP contribution in [0.4, 0.5) is 0 Å². The third kappa shape index (κ3) is 14.0. The number of hydrogen-bond donors (Lipinski definition) is 9. The summed E-state index contributed by atoms with van der Waals surface area (Å²) in [6, 6.07) is -5.06. The predicted octanol–water partition coefficient (Wildman–Crippen LogP) is -3.48. The number of hydrogen-bond acceptors (Lipinski definition) is 9. The molecule has 0 saturated heterocycles. The van der Waals surface area contributed by atoms with Crippen LogP contribution in [-0.2, 0) is 24.0 Å². The summed E-state index contributed by atoms with van der Waals surface area (Å²) >= 11 is 1.38. The van der Waals surface area contributed by atoms with E-state index >= 15 is 0 Å². The second-order valence-electron chi connectivity index (χ2n) is 7.47. The number of carboxylic acids is 2. The van der Waals surface area contributed by atoms with Crippen molar-refractivity contribution in [2.24, 2.45) is 22.2 Å². The van der Waals surface area contributed by atoms with Gasteiger partial charge < -0.3 is 48.5 Å². The van der Waals surface area contributed by atoms with Gasteiger partial charge in [0.05, 0.1) is 6.61 Å².